The molecule has 0 spiro atoms. The van der Waals surface area contributed by atoms with Crippen LogP contribution in [-0.2, 0) is 19.6 Å². The van der Waals surface area contributed by atoms with Gasteiger partial charge in [-0.15, -0.1) is 0 Å². The highest BCUT2D eigenvalue weighted by molar-refractivity contribution is 7.88. The molecule has 4 fully saturated rings. The summed E-state index contributed by atoms with van der Waals surface area (Å²) in [4.78, 5) is 36.7. The number of sulfonamides is 1. The standard InChI is InChI=1S/C33H37ClFN7O3S.2C2HF3O2/c1-46(43,44)37-15-23-11-13-33(12-4-14-42(23)33)19-45-32-39-30-25(31(40-32)41-17-21-9-10-22(18-41)38-21)16-36-29(28(30)35)24-7-2-5-20-6-3-8-26(34)27(20)24;2*3-2(4,5)1(6)7/h2-3,5-8,16,21-23,37-38H,4,9-15,17-19H2,1H3;2*(H,6,7). The number of carbonyl (C=O) groups is 2. The summed E-state index contributed by atoms with van der Waals surface area (Å²) in [5.41, 5.74) is 0.714. The minimum atomic E-state index is -5.08. The van der Waals surface area contributed by atoms with Gasteiger partial charge >= 0.3 is 30.3 Å². The number of alkyl halides is 6. The molecule has 0 aliphatic carbocycles. The second-order valence-corrected chi connectivity index (χ2v) is 17.2. The van der Waals surface area contributed by atoms with Crippen LogP contribution in [0.15, 0.2) is 42.6 Å². The van der Waals surface area contributed by atoms with Crippen molar-refractivity contribution in [3.8, 4) is 17.3 Å². The lowest BCUT2D eigenvalue weighted by molar-refractivity contribution is -0.193. The van der Waals surface area contributed by atoms with Crippen LogP contribution in [0.1, 0.15) is 38.5 Å². The number of hydrogen-bond acceptors (Lipinski definition) is 11. The molecule has 14 nitrogen and oxygen atoms in total. The molecule has 6 heterocycles. The van der Waals surface area contributed by atoms with Gasteiger partial charge in [-0.05, 0) is 56.5 Å². The number of benzene rings is 2. The maximum atomic E-state index is 16.7. The highest BCUT2D eigenvalue weighted by atomic mass is 35.5. The van der Waals surface area contributed by atoms with Crippen molar-refractivity contribution in [2.24, 2.45) is 0 Å². The molecule has 2 aromatic carbocycles. The number of ether oxygens (including phenoxy) is 1. The number of nitrogens with one attached hydrogen (secondary N) is 2. The Morgan fingerprint density at radius 1 is 0.983 bits per heavy atom. The van der Waals surface area contributed by atoms with E-state index < -0.39 is 40.1 Å². The second kappa shape index (κ2) is 17.4. The summed E-state index contributed by atoms with van der Waals surface area (Å²) < 4.78 is 113. The molecule has 326 valence electrons. The smallest absolute Gasteiger partial charge is 0.475 e. The predicted octanol–water partition coefficient (Wildman–Crippen LogP) is 5.77. The first kappa shape index (κ1) is 44.9. The van der Waals surface area contributed by atoms with Gasteiger partial charge in [0.05, 0.1) is 17.2 Å². The molecular formula is C37H39ClF7N7O7S. The SMILES string of the molecule is CS(=O)(=O)NCC1CCC2(COc3nc(N4CC5CCC(C4)N5)c4cnc(-c5cccc6cccc(Cl)c56)c(F)c4n3)CCCN12.O=C(O)C(F)(F)F.O=C(O)C(F)(F)F. The van der Waals surface area contributed by atoms with Gasteiger partial charge in [0.15, 0.2) is 5.82 Å². The van der Waals surface area contributed by atoms with Crippen molar-refractivity contribution < 1.29 is 63.7 Å². The van der Waals surface area contributed by atoms with Gasteiger partial charge in [0.25, 0.3) is 0 Å². The van der Waals surface area contributed by atoms with E-state index in [1.165, 1.54) is 6.26 Å². The molecular weight excluding hydrogens is 855 g/mol. The second-order valence-electron chi connectivity index (χ2n) is 14.9. The van der Waals surface area contributed by atoms with Crippen LogP contribution in [0.25, 0.3) is 32.9 Å². The van der Waals surface area contributed by atoms with Crippen molar-refractivity contribution in [2.75, 3.05) is 43.9 Å². The Labute approximate surface area is 343 Å². The molecule has 0 saturated carbocycles. The quantitative estimate of drug-likeness (QED) is 0.156. The Bertz CT molecular complexity index is 2340. The summed E-state index contributed by atoms with van der Waals surface area (Å²) in [5, 5.41) is 20.6. The van der Waals surface area contributed by atoms with Crippen molar-refractivity contribution >= 4 is 61.1 Å². The molecule has 4 unspecified atom stereocenters. The molecule has 4 N–H and O–H groups in total. The lowest BCUT2D eigenvalue weighted by Gasteiger charge is -2.35. The number of rotatable bonds is 8. The van der Waals surface area contributed by atoms with E-state index in [1.54, 1.807) is 12.3 Å². The third kappa shape index (κ3) is 10.1. The zero-order valence-corrected chi connectivity index (χ0v) is 33.2. The number of aromatic nitrogens is 3. The maximum absolute atomic E-state index is 16.7. The highest BCUT2D eigenvalue weighted by Gasteiger charge is 2.50. The lowest BCUT2D eigenvalue weighted by atomic mass is 9.95. The fourth-order valence-corrected chi connectivity index (χ4v) is 9.03. The van der Waals surface area contributed by atoms with E-state index >= 15 is 4.39 Å². The zero-order chi connectivity index (χ0) is 43.8. The number of aliphatic carboxylic acids is 2. The van der Waals surface area contributed by atoms with Gasteiger partial charge in [0, 0.05) is 59.9 Å². The van der Waals surface area contributed by atoms with Crippen LogP contribution in [0, 0.1) is 5.82 Å². The van der Waals surface area contributed by atoms with Crippen LogP contribution in [-0.4, -0.2) is 125 Å². The predicted molar refractivity (Wildman–Crippen MR) is 205 cm³/mol. The normalized spacial score (nSPS) is 22.8. The molecule has 4 saturated heterocycles. The lowest BCUT2D eigenvalue weighted by Crippen LogP contribution is -2.51. The van der Waals surface area contributed by atoms with E-state index in [0.29, 0.717) is 47.0 Å². The Hall–Kier alpha value is -4.64. The molecule has 60 heavy (non-hydrogen) atoms. The third-order valence-corrected chi connectivity index (χ3v) is 11.8. The molecule has 8 rings (SSSR count). The van der Waals surface area contributed by atoms with E-state index in [1.807, 2.05) is 30.3 Å². The topological polar surface area (TPSA) is 187 Å². The van der Waals surface area contributed by atoms with Gasteiger partial charge < -0.3 is 25.2 Å². The number of halogens is 8. The van der Waals surface area contributed by atoms with E-state index in [9.17, 15) is 34.8 Å². The minimum Gasteiger partial charge on any atom is -0.475 e. The minimum absolute atomic E-state index is 0.101. The van der Waals surface area contributed by atoms with Crippen molar-refractivity contribution in [3.63, 3.8) is 0 Å². The van der Waals surface area contributed by atoms with Gasteiger partial charge in [0.1, 0.15) is 23.6 Å². The van der Waals surface area contributed by atoms with Gasteiger partial charge in [-0.3, -0.25) is 9.88 Å². The van der Waals surface area contributed by atoms with E-state index in [-0.39, 0.29) is 28.8 Å². The molecule has 2 aromatic heterocycles. The van der Waals surface area contributed by atoms with Crippen LogP contribution >= 0.6 is 11.6 Å². The first-order chi connectivity index (χ1) is 28.1. The fourth-order valence-electron chi connectivity index (χ4n) is 8.25. The van der Waals surface area contributed by atoms with Gasteiger partial charge in [-0.1, -0.05) is 41.9 Å². The Morgan fingerprint density at radius 2 is 1.60 bits per heavy atom. The van der Waals surface area contributed by atoms with Crippen LogP contribution < -0.4 is 19.7 Å². The number of carboxylic acids is 2. The number of carboxylic acid groups (broad SMARTS) is 2. The summed E-state index contributed by atoms with van der Waals surface area (Å²) >= 11 is 6.62. The van der Waals surface area contributed by atoms with Gasteiger partial charge in [-0.2, -0.15) is 36.3 Å². The number of nitrogens with zero attached hydrogens (tertiary/aromatic N) is 5. The van der Waals surface area contributed by atoms with Crippen LogP contribution in [0.3, 0.4) is 0 Å². The average Bonchev–Trinajstić information content (AvgIpc) is 3.85. The van der Waals surface area contributed by atoms with Crippen molar-refractivity contribution in [1.82, 2.24) is 29.9 Å². The van der Waals surface area contributed by atoms with E-state index in [2.05, 4.69) is 24.8 Å². The van der Waals surface area contributed by atoms with Crippen LogP contribution in [0.4, 0.5) is 36.6 Å². The molecule has 23 heteroatoms. The summed E-state index contributed by atoms with van der Waals surface area (Å²) in [7, 11) is -3.28. The maximum Gasteiger partial charge on any atom is 0.490 e. The number of anilines is 1. The van der Waals surface area contributed by atoms with Crippen molar-refractivity contribution in [3.05, 3.63) is 53.4 Å². The molecule has 2 bridgehead atoms. The average molecular weight is 894 g/mol. The molecule has 4 aliphatic rings. The molecule has 4 atom stereocenters. The summed E-state index contributed by atoms with van der Waals surface area (Å²) in [6, 6.07) is 12.2. The van der Waals surface area contributed by atoms with E-state index in [4.69, 9.17) is 46.1 Å². The summed E-state index contributed by atoms with van der Waals surface area (Å²) in [5.74, 6) is -5.42. The molecule has 4 aliphatic heterocycles. The van der Waals surface area contributed by atoms with E-state index in [0.717, 1.165) is 68.9 Å². The van der Waals surface area contributed by atoms with Crippen molar-refractivity contribution in [2.45, 2.75) is 74.5 Å². The Balaban J connectivity index is 0.000000373. The monoisotopic (exact) mass is 893 g/mol. The zero-order valence-electron chi connectivity index (χ0n) is 31.7. The summed E-state index contributed by atoms with van der Waals surface area (Å²) in [6.45, 7) is 3.12. The Morgan fingerprint density at radius 3 is 2.20 bits per heavy atom. The van der Waals surface area contributed by atoms with Crippen molar-refractivity contribution in [1.29, 1.82) is 0 Å². The molecule has 0 radical (unpaired) electrons. The number of fused-ring (bicyclic) bond motifs is 5. The first-order valence-electron chi connectivity index (χ1n) is 18.6. The van der Waals surface area contributed by atoms with Crippen LogP contribution in [0.5, 0.6) is 6.01 Å². The number of piperazine rings is 1. The summed E-state index contributed by atoms with van der Waals surface area (Å²) in [6.07, 6.45) is -1.40. The number of hydrogen-bond donors (Lipinski definition) is 4. The molecule has 4 aromatic rings. The van der Waals surface area contributed by atoms with Gasteiger partial charge in [-0.25, -0.2) is 27.1 Å². The first-order valence-corrected chi connectivity index (χ1v) is 20.8. The number of pyridine rings is 1. The molecule has 0 amide bonds. The van der Waals surface area contributed by atoms with Gasteiger partial charge in [0.2, 0.25) is 10.0 Å². The Kier molecular flexibility index (Phi) is 13.0. The highest BCUT2D eigenvalue weighted by Crippen LogP contribution is 2.43. The largest absolute Gasteiger partial charge is 0.490 e. The fraction of sp³-hybridized carbons (Fsp3) is 0.486. The van der Waals surface area contributed by atoms with Crippen LogP contribution in [0.2, 0.25) is 5.02 Å². The third-order valence-electron chi connectivity index (χ3n) is 10.8.